The maximum atomic E-state index is 13.5. The molecule has 0 aromatic heterocycles. The van der Waals surface area contributed by atoms with Gasteiger partial charge in [-0.05, 0) is 85.0 Å². The third-order valence-electron chi connectivity index (χ3n) is 5.66. The van der Waals surface area contributed by atoms with Crippen molar-refractivity contribution in [2.75, 3.05) is 17.5 Å². The van der Waals surface area contributed by atoms with E-state index in [2.05, 4.69) is 53.3 Å². The maximum absolute atomic E-state index is 13.5. The molecule has 8 heteroatoms. The lowest BCUT2D eigenvalue weighted by Gasteiger charge is -2.24. The van der Waals surface area contributed by atoms with Gasteiger partial charge in [-0.3, -0.25) is 9.10 Å². The number of amides is 1. The van der Waals surface area contributed by atoms with Crippen molar-refractivity contribution in [1.29, 1.82) is 0 Å². The second kappa shape index (κ2) is 12.2. The molecule has 0 spiro atoms. The Hall–Kier alpha value is -2.84. The number of halogens is 1. The lowest BCUT2D eigenvalue weighted by molar-refractivity contribution is -0.119. The molecule has 6 nitrogen and oxygen atoms in total. The van der Waals surface area contributed by atoms with Crippen LogP contribution in [0.25, 0.3) is 0 Å². The number of ether oxygens (including phenoxy) is 1. The van der Waals surface area contributed by atoms with Crippen LogP contribution in [0.1, 0.15) is 37.5 Å². The molecule has 0 aliphatic heterocycles. The minimum atomic E-state index is -3.99. The SMILES string of the molecule is CCOc1ccc(N(CC(=O)NCc2cc(CC)ccc2CC)S(=O)(=O)c2ccc(Br)cc2)cc1. The van der Waals surface area contributed by atoms with Crippen LogP contribution in [0.15, 0.2) is 76.1 Å². The zero-order chi connectivity index (χ0) is 25.4. The molecule has 0 bridgehead atoms. The number of sulfonamides is 1. The Balaban J connectivity index is 1.86. The van der Waals surface area contributed by atoms with Crippen molar-refractivity contribution in [3.63, 3.8) is 0 Å². The fraction of sp³-hybridized carbons (Fsp3) is 0.296. The van der Waals surface area contributed by atoms with Crippen molar-refractivity contribution in [1.82, 2.24) is 5.32 Å². The van der Waals surface area contributed by atoms with Crippen LogP contribution < -0.4 is 14.4 Å². The lowest BCUT2D eigenvalue weighted by atomic mass is 10.0. The van der Waals surface area contributed by atoms with E-state index in [0.717, 1.165) is 32.7 Å². The van der Waals surface area contributed by atoms with Gasteiger partial charge in [0.25, 0.3) is 10.0 Å². The van der Waals surface area contributed by atoms with E-state index in [-0.39, 0.29) is 17.3 Å². The molecule has 0 aliphatic rings. The van der Waals surface area contributed by atoms with Crippen molar-refractivity contribution in [2.24, 2.45) is 0 Å². The summed E-state index contributed by atoms with van der Waals surface area (Å²) in [5.41, 5.74) is 3.78. The highest BCUT2D eigenvalue weighted by molar-refractivity contribution is 9.10. The van der Waals surface area contributed by atoms with E-state index in [4.69, 9.17) is 4.74 Å². The second-order valence-electron chi connectivity index (χ2n) is 7.98. The first-order valence-corrected chi connectivity index (χ1v) is 13.9. The molecule has 0 radical (unpaired) electrons. The molecule has 1 N–H and O–H groups in total. The van der Waals surface area contributed by atoms with Crippen molar-refractivity contribution in [3.05, 3.63) is 87.9 Å². The van der Waals surface area contributed by atoms with Gasteiger partial charge in [0.2, 0.25) is 5.91 Å². The summed E-state index contributed by atoms with van der Waals surface area (Å²) < 4.78 is 34.5. The quantitative estimate of drug-likeness (QED) is 0.338. The summed E-state index contributed by atoms with van der Waals surface area (Å²) in [4.78, 5) is 13.1. The van der Waals surface area contributed by atoms with Crippen LogP contribution in [0.4, 0.5) is 5.69 Å². The Morgan fingerprint density at radius 3 is 2.20 bits per heavy atom. The zero-order valence-corrected chi connectivity index (χ0v) is 22.7. The van der Waals surface area contributed by atoms with Gasteiger partial charge in [-0.15, -0.1) is 0 Å². The zero-order valence-electron chi connectivity index (χ0n) is 20.3. The van der Waals surface area contributed by atoms with Crippen LogP contribution in [-0.4, -0.2) is 27.5 Å². The fourth-order valence-electron chi connectivity index (χ4n) is 3.71. The number of hydrogen-bond acceptors (Lipinski definition) is 4. The maximum Gasteiger partial charge on any atom is 0.264 e. The fourth-order valence-corrected chi connectivity index (χ4v) is 5.40. The highest BCUT2D eigenvalue weighted by Crippen LogP contribution is 2.26. The van der Waals surface area contributed by atoms with Gasteiger partial charge in [0.05, 0.1) is 17.2 Å². The summed E-state index contributed by atoms with van der Waals surface area (Å²) in [6.45, 7) is 6.53. The molecule has 3 aromatic rings. The Kier molecular flexibility index (Phi) is 9.34. The summed E-state index contributed by atoms with van der Waals surface area (Å²) in [7, 11) is -3.99. The topological polar surface area (TPSA) is 75.7 Å². The Labute approximate surface area is 216 Å². The minimum Gasteiger partial charge on any atom is -0.494 e. The molecule has 0 saturated heterocycles. The van der Waals surface area contributed by atoms with Gasteiger partial charge in [0, 0.05) is 11.0 Å². The highest BCUT2D eigenvalue weighted by atomic mass is 79.9. The number of carbonyl (C=O) groups excluding carboxylic acids is 1. The molecular weight excluding hydrogens is 528 g/mol. The molecule has 0 fully saturated rings. The van der Waals surface area contributed by atoms with Gasteiger partial charge in [-0.25, -0.2) is 8.42 Å². The molecule has 3 aromatic carbocycles. The summed E-state index contributed by atoms with van der Waals surface area (Å²) in [6.07, 6.45) is 1.76. The van der Waals surface area contributed by atoms with Crippen LogP contribution in [0.5, 0.6) is 5.75 Å². The standard InChI is InChI=1S/C27H31BrN2O4S/c1-4-20-7-8-21(5-2)22(17-20)18-29-27(31)19-30(24-11-13-25(14-12-24)34-6-3)35(32,33)26-15-9-23(28)10-16-26/h7-17H,4-6,18-19H2,1-3H3,(H,29,31). The van der Waals surface area contributed by atoms with Crippen molar-refractivity contribution in [3.8, 4) is 5.75 Å². The Morgan fingerprint density at radius 2 is 1.60 bits per heavy atom. The Bertz CT molecular complexity index is 1240. The monoisotopic (exact) mass is 558 g/mol. The molecule has 35 heavy (non-hydrogen) atoms. The van der Waals surface area contributed by atoms with Gasteiger partial charge in [0.1, 0.15) is 12.3 Å². The summed E-state index contributed by atoms with van der Waals surface area (Å²) in [6, 6.07) is 19.3. The number of aryl methyl sites for hydroxylation is 2. The predicted octanol–water partition coefficient (Wildman–Crippen LogP) is 5.48. The lowest BCUT2D eigenvalue weighted by Crippen LogP contribution is -2.40. The molecule has 0 unspecified atom stereocenters. The molecule has 3 rings (SSSR count). The van der Waals surface area contributed by atoms with E-state index in [9.17, 15) is 13.2 Å². The minimum absolute atomic E-state index is 0.103. The molecular formula is C27H31BrN2O4S. The third-order valence-corrected chi connectivity index (χ3v) is 7.98. The summed E-state index contributed by atoms with van der Waals surface area (Å²) in [5, 5.41) is 2.91. The van der Waals surface area contributed by atoms with Gasteiger partial charge < -0.3 is 10.1 Å². The average molecular weight is 560 g/mol. The first-order chi connectivity index (χ1) is 16.8. The third kappa shape index (κ3) is 6.86. The molecule has 0 saturated carbocycles. The summed E-state index contributed by atoms with van der Waals surface area (Å²) >= 11 is 3.34. The molecule has 0 aliphatic carbocycles. The van der Waals surface area contributed by atoms with E-state index < -0.39 is 10.0 Å². The van der Waals surface area contributed by atoms with Crippen molar-refractivity contribution < 1.29 is 17.9 Å². The normalized spacial score (nSPS) is 11.2. The van der Waals surface area contributed by atoms with Crippen LogP contribution in [-0.2, 0) is 34.2 Å². The van der Waals surface area contributed by atoms with E-state index in [1.54, 1.807) is 36.4 Å². The van der Waals surface area contributed by atoms with Crippen molar-refractivity contribution >= 4 is 37.5 Å². The van der Waals surface area contributed by atoms with Crippen LogP contribution in [0, 0.1) is 0 Å². The number of nitrogens with zero attached hydrogens (tertiary/aromatic N) is 1. The second-order valence-corrected chi connectivity index (χ2v) is 10.8. The van der Waals surface area contributed by atoms with Crippen molar-refractivity contribution in [2.45, 2.75) is 45.1 Å². The van der Waals surface area contributed by atoms with Crippen LogP contribution in [0.3, 0.4) is 0 Å². The summed E-state index contributed by atoms with van der Waals surface area (Å²) in [5.74, 6) is 0.244. The molecule has 0 atom stereocenters. The average Bonchev–Trinajstić information content (AvgIpc) is 2.86. The Morgan fingerprint density at radius 1 is 0.914 bits per heavy atom. The molecule has 186 valence electrons. The van der Waals surface area contributed by atoms with Crippen LogP contribution >= 0.6 is 15.9 Å². The van der Waals surface area contributed by atoms with Gasteiger partial charge in [-0.2, -0.15) is 0 Å². The smallest absolute Gasteiger partial charge is 0.264 e. The van der Waals surface area contributed by atoms with E-state index in [0.29, 0.717) is 24.6 Å². The van der Waals surface area contributed by atoms with E-state index in [1.165, 1.54) is 17.7 Å². The number of hydrogen-bond donors (Lipinski definition) is 1. The van der Waals surface area contributed by atoms with Gasteiger partial charge in [0.15, 0.2) is 0 Å². The van der Waals surface area contributed by atoms with Gasteiger partial charge in [-0.1, -0.05) is 48.0 Å². The van der Waals surface area contributed by atoms with Gasteiger partial charge >= 0.3 is 0 Å². The van der Waals surface area contributed by atoms with E-state index >= 15 is 0 Å². The number of benzene rings is 3. The first-order valence-electron chi connectivity index (χ1n) is 11.7. The number of nitrogens with one attached hydrogen (secondary N) is 1. The van der Waals surface area contributed by atoms with Crippen LogP contribution in [0.2, 0.25) is 0 Å². The number of rotatable bonds is 11. The molecule has 1 amide bonds. The largest absolute Gasteiger partial charge is 0.494 e. The van der Waals surface area contributed by atoms with E-state index in [1.807, 2.05) is 6.92 Å². The number of anilines is 1. The number of carbonyl (C=O) groups is 1. The first kappa shape index (κ1) is 26.8. The highest BCUT2D eigenvalue weighted by Gasteiger charge is 2.27. The predicted molar refractivity (Wildman–Crippen MR) is 143 cm³/mol. The molecule has 0 heterocycles.